The van der Waals surface area contributed by atoms with Crippen molar-refractivity contribution in [3.63, 3.8) is 0 Å². The maximum absolute atomic E-state index is 12.3. The molecule has 1 saturated heterocycles. The highest BCUT2D eigenvalue weighted by atomic mass is 31.3. The molecule has 1 aliphatic heterocycles. The normalized spacial score (nSPS) is 28.7. The van der Waals surface area contributed by atoms with E-state index in [0.29, 0.717) is 7.11 Å². The van der Waals surface area contributed by atoms with Crippen molar-refractivity contribution in [3.05, 3.63) is 22.7 Å². The third kappa shape index (κ3) is 6.48. The van der Waals surface area contributed by atoms with Gasteiger partial charge in [-0.15, -0.1) is 0 Å². The van der Waals surface area contributed by atoms with E-state index in [1.54, 1.807) is 0 Å². The maximum Gasteiger partial charge on any atom is 0.490 e. The van der Waals surface area contributed by atoms with Gasteiger partial charge in [0.1, 0.15) is 24.1 Å². The first-order chi connectivity index (χ1) is 13.7. The second-order valence-electron chi connectivity index (χ2n) is 5.64. The van der Waals surface area contributed by atoms with E-state index in [2.05, 4.69) is 18.1 Å². The van der Waals surface area contributed by atoms with E-state index >= 15 is 0 Å². The molecule has 1 aromatic rings. The highest BCUT2D eigenvalue weighted by Crippen LogP contribution is 2.68. The van der Waals surface area contributed by atoms with Crippen molar-refractivity contribution < 1.29 is 61.0 Å². The maximum atomic E-state index is 12.3. The fraction of sp³-hybridized carbons (Fsp3) is 0.600. The number of aliphatic hydroxyl groups excluding tert-OH is 2. The van der Waals surface area contributed by atoms with Crippen LogP contribution in [0.2, 0.25) is 0 Å². The summed E-state index contributed by atoms with van der Waals surface area (Å²) in [6.45, 7) is -0.882. The first-order valence-corrected chi connectivity index (χ1v) is 12.1. The molecule has 17 nitrogen and oxygen atoms in total. The summed E-state index contributed by atoms with van der Waals surface area (Å²) in [5.74, 6) is -0.103. The van der Waals surface area contributed by atoms with Crippen LogP contribution < -0.4 is 11.4 Å². The van der Waals surface area contributed by atoms with Crippen molar-refractivity contribution in [2.75, 3.05) is 19.5 Å². The molecule has 2 heterocycles. The molecule has 2 rings (SSSR count). The van der Waals surface area contributed by atoms with Crippen molar-refractivity contribution in [2.45, 2.75) is 24.5 Å². The van der Waals surface area contributed by atoms with Gasteiger partial charge in [-0.25, -0.2) is 18.5 Å². The molecule has 0 aromatic carbocycles. The molecule has 0 amide bonds. The quantitative estimate of drug-likeness (QED) is 0.211. The zero-order valence-electron chi connectivity index (χ0n) is 14.9. The Morgan fingerprint density at radius 2 is 1.83 bits per heavy atom. The molecular formula is C10H18N3O14P3. The number of phosphoric acid groups is 3. The average Bonchev–Trinajstić information content (AvgIpc) is 2.86. The van der Waals surface area contributed by atoms with E-state index < -0.39 is 60.3 Å². The molecule has 0 aliphatic carbocycles. The predicted molar refractivity (Wildman–Crippen MR) is 93.4 cm³/mol. The second kappa shape index (κ2) is 9.22. The summed E-state index contributed by atoms with van der Waals surface area (Å²) in [6, 6.07) is 1.22. The molecule has 0 bridgehead atoms. The van der Waals surface area contributed by atoms with Crippen molar-refractivity contribution in [1.82, 2.24) is 9.55 Å². The van der Waals surface area contributed by atoms with Crippen LogP contribution in [0.15, 0.2) is 17.1 Å². The van der Waals surface area contributed by atoms with Gasteiger partial charge in [0.2, 0.25) is 0 Å². The van der Waals surface area contributed by atoms with Gasteiger partial charge in [0.05, 0.1) is 6.61 Å². The number of ether oxygens (including phenoxy) is 1. The summed E-state index contributed by atoms with van der Waals surface area (Å²) in [4.78, 5) is 41.7. The monoisotopic (exact) mass is 497 g/mol. The number of hydrogen-bond acceptors (Lipinski definition) is 13. The lowest BCUT2D eigenvalue weighted by atomic mass is 10.1. The molecule has 172 valence electrons. The summed E-state index contributed by atoms with van der Waals surface area (Å²) in [5.41, 5.74) is 4.45. The van der Waals surface area contributed by atoms with Crippen LogP contribution in [0.3, 0.4) is 0 Å². The van der Waals surface area contributed by atoms with Gasteiger partial charge >= 0.3 is 29.2 Å². The number of phosphoric ester groups is 1. The van der Waals surface area contributed by atoms with Gasteiger partial charge in [-0.05, 0) is 6.07 Å². The van der Waals surface area contributed by atoms with E-state index in [1.807, 2.05) is 0 Å². The van der Waals surface area contributed by atoms with Crippen LogP contribution in [0.5, 0.6) is 0 Å². The lowest BCUT2D eigenvalue weighted by Crippen LogP contribution is -2.36. The molecule has 1 fully saturated rings. The Bertz CT molecular complexity index is 963. The highest BCUT2D eigenvalue weighted by Gasteiger charge is 2.47. The summed E-state index contributed by atoms with van der Waals surface area (Å²) in [6.07, 6.45) is -5.14. The largest absolute Gasteiger partial charge is 0.490 e. The van der Waals surface area contributed by atoms with Gasteiger partial charge in [-0.2, -0.15) is 13.6 Å². The highest BCUT2D eigenvalue weighted by molar-refractivity contribution is 7.66. The van der Waals surface area contributed by atoms with E-state index in [9.17, 15) is 33.6 Å². The molecule has 1 aliphatic rings. The van der Waals surface area contributed by atoms with Crippen molar-refractivity contribution in [2.24, 2.45) is 0 Å². The van der Waals surface area contributed by atoms with Gasteiger partial charge in [0.15, 0.2) is 6.23 Å². The van der Waals surface area contributed by atoms with Gasteiger partial charge in [-0.3, -0.25) is 13.6 Å². The number of nitrogen functional groups attached to an aromatic ring is 1. The number of aromatic nitrogens is 2. The number of anilines is 1. The molecule has 6 atom stereocenters. The second-order valence-corrected chi connectivity index (χ2v) is 10.4. The molecule has 30 heavy (non-hydrogen) atoms. The average molecular weight is 497 g/mol. The Morgan fingerprint density at radius 3 is 2.37 bits per heavy atom. The fourth-order valence-corrected chi connectivity index (χ4v) is 5.63. The number of rotatable bonds is 9. The molecule has 1 aromatic heterocycles. The van der Waals surface area contributed by atoms with Crippen LogP contribution in [0.25, 0.3) is 0 Å². The Labute approximate surface area is 167 Å². The van der Waals surface area contributed by atoms with Crippen LogP contribution in [0.1, 0.15) is 6.23 Å². The Hall–Kier alpha value is -1.03. The molecule has 0 spiro atoms. The predicted octanol–water partition coefficient (Wildman–Crippen LogP) is -1.56. The summed E-state index contributed by atoms with van der Waals surface area (Å²) < 4.78 is 57.1. The Kier molecular flexibility index (Phi) is 7.76. The van der Waals surface area contributed by atoms with E-state index in [4.69, 9.17) is 24.8 Å². The van der Waals surface area contributed by atoms with Crippen LogP contribution in [0.4, 0.5) is 5.82 Å². The lowest BCUT2D eigenvalue weighted by Gasteiger charge is -2.21. The fourth-order valence-electron chi connectivity index (χ4n) is 2.27. The number of nitrogens with two attached hydrogens (primary N) is 1. The first kappa shape index (κ1) is 25.2. The molecular weight excluding hydrogens is 479 g/mol. The Morgan fingerprint density at radius 1 is 1.20 bits per heavy atom. The van der Waals surface area contributed by atoms with Crippen LogP contribution in [-0.2, 0) is 36.1 Å². The summed E-state index contributed by atoms with van der Waals surface area (Å²) in [7, 11) is -15.4. The minimum absolute atomic E-state index is 0.103. The molecule has 4 unspecified atom stereocenters. The Balaban J connectivity index is 2.10. The summed E-state index contributed by atoms with van der Waals surface area (Å²) in [5, 5.41) is 20.2. The van der Waals surface area contributed by atoms with E-state index in [1.165, 1.54) is 6.07 Å². The number of aliphatic hydroxyl groups is 2. The zero-order chi connectivity index (χ0) is 22.9. The van der Waals surface area contributed by atoms with Crippen LogP contribution in [0, 0.1) is 0 Å². The topological polar surface area (TPSA) is 259 Å². The zero-order valence-corrected chi connectivity index (χ0v) is 17.6. The standard InChI is InChI=1S/C10H18N3O14P3/c1-23-30(22,27-29(20,21)26-28(17,18)19)24-4-5-7(14)8(15)9(25-5)13-3-2-6(11)12-10(13)16/h2-3,5,7-9,14-15H,4H2,1H3,(H,20,21)(H2,11,12,16)(H2,17,18,19)/t5-,7?,8?,9-,30?/m1/s1. The first-order valence-electron chi connectivity index (χ1n) is 7.64. The van der Waals surface area contributed by atoms with Gasteiger partial charge in [0, 0.05) is 13.3 Å². The number of nitrogens with zero attached hydrogens (tertiary/aromatic N) is 2. The van der Waals surface area contributed by atoms with Gasteiger partial charge < -0.3 is 35.4 Å². The van der Waals surface area contributed by atoms with Gasteiger partial charge in [0.25, 0.3) is 0 Å². The lowest BCUT2D eigenvalue weighted by molar-refractivity contribution is -0.0546. The van der Waals surface area contributed by atoms with E-state index in [-0.39, 0.29) is 5.82 Å². The summed E-state index contributed by atoms with van der Waals surface area (Å²) >= 11 is 0. The minimum atomic E-state index is -5.61. The van der Waals surface area contributed by atoms with Crippen LogP contribution >= 0.6 is 23.5 Å². The molecule has 7 N–H and O–H groups in total. The minimum Gasteiger partial charge on any atom is -0.387 e. The van der Waals surface area contributed by atoms with Crippen molar-refractivity contribution in [3.8, 4) is 0 Å². The van der Waals surface area contributed by atoms with E-state index in [0.717, 1.165) is 10.8 Å². The molecule has 20 heteroatoms. The van der Waals surface area contributed by atoms with Gasteiger partial charge in [-0.1, -0.05) is 0 Å². The van der Waals surface area contributed by atoms with Crippen molar-refractivity contribution >= 4 is 29.3 Å². The van der Waals surface area contributed by atoms with Crippen molar-refractivity contribution in [1.29, 1.82) is 0 Å². The third-order valence-corrected chi connectivity index (χ3v) is 7.71. The molecule has 0 saturated carbocycles. The van der Waals surface area contributed by atoms with Crippen LogP contribution in [-0.4, -0.2) is 66.5 Å². The third-order valence-electron chi connectivity index (χ3n) is 3.50. The SMILES string of the molecule is COP(=O)(OC[C@H]1O[C@@H](n2ccc(N)nc2=O)C(O)C1O)OP(=O)(O)OP(=O)(O)O. The number of hydrogen-bond donors (Lipinski definition) is 6. The molecule has 0 radical (unpaired) electrons. The smallest absolute Gasteiger partial charge is 0.387 e.